The van der Waals surface area contributed by atoms with E-state index in [2.05, 4.69) is 62.7 Å². The number of hydrogen-bond donors (Lipinski definition) is 2. The molecular weight excluding hydrogens is 338 g/mol. The zero-order valence-corrected chi connectivity index (χ0v) is 16.6. The van der Waals surface area contributed by atoms with Gasteiger partial charge in [-0.25, -0.2) is 0 Å². The summed E-state index contributed by atoms with van der Waals surface area (Å²) in [6, 6.07) is 12.6. The molecule has 1 aromatic carbocycles. The maximum Gasteiger partial charge on any atom is 0.190 e. The van der Waals surface area contributed by atoms with Crippen molar-refractivity contribution < 1.29 is 4.74 Å². The standard InChI is InChI=1S/C21H31N5O/c1-16-14-17(2)26(25-16)12-7-11-23-21(22-3)24-15-19-10-13-27-20(19)18-8-5-4-6-9-18/h4-6,8-9,14,19-20H,7,10-13,15H2,1-3H3,(H2,22,23,24). The van der Waals surface area contributed by atoms with Gasteiger partial charge in [0, 0.05) is 44.9 Å². The first-order valence-corrected chi connectivity index (χ1v) is 9.79. The van der Waals surface area contributed by atoms with Gasteiger partial charge in [0.25, 0.3) is 0 Å². The molecule has 0 bridgehead atoms. The quantitative estimate of drug-likeness (QED) is 0.448. The van der Waals surface area contributed by atoms with Crippen LogP contribution in [-0.4, -0.2) is 42.5 Å². The summed E-state index contributed by atoms with van der Waals surface area (Å²) in [5.74, 6) is 1.31. The molecule has 1 aliphatic heterocycles. The molecule has 0 aliphatic carbocycles. The highest BCUT2D eigenvalue weighted by molar-refractivity contribution is 5.79. The van der Waals surface area contributed by atoms with Crippen molar-refractivity contribution in [2.45, 2.75) is 39.3 Å². The number of hydrogen-bond acceptors (Lipinski definition) is 3. The highest BCUT2D eigenvalue weighted by Crippen LogP contribution is 2.33. The molecule has 0 radical (unpaired) electrons. The third kappa shape index (κ3) is 5.32. The van der Waals surface area contributed by atoms with E-state index in [1.54, 1.807) is 0 Å². The molecule has 2 heterocycles. The molecule has 1 saturated heterocycles. The molecular formula is C21H31N5O. The number of aromatic nitrogens is 2. The fourth-order valence-corrected chi connectivity index (χ4v) is 3.64. The number of benzene rings is 1. The first kappa shape index (κ1) is 19.4. The van der Waals surface area contributed by atoms with Crippen molar-refractivity contribution in [1.29, 1.82) is 0 Å². The van der Waals surface area contributed by atoms with Crippen LogP contribution < -0.4 is 10.6 Å². The minimum Gasteiger partial charge on any atom is -0.373 e. The smallest absolute Gasteiger partial charge is 0.190 e. The summed E-state index contributed by atoms with van der Waals surface area (Å²) in [7, 11) is 1.82. The highest BCUT2D eigenvalue weighted by Gasteiger charge is 2.29. The normalized spacial score (nSPS) is 20.0. The monoisotopic (exact) mass is 369 g/mol. The molecule has 6 nitrogen and oxygen atoms in total. The van der Waals surface area contributed by atoms with E-state index in [4.69, 9.17) is 4.74 Å². The summed E-state index contributed by atoms with van der Waals surface area (Å²) >= 11 is 0. The van der Waals surface area contributed by atoms with Gasteiger partial charge in [0.2, 0.25) is 0 Å². The minimum atomic E-state index is 0.169. The largest absolute Gasteiger partial charge is 0.373 e. The average Bonchev–Trinajstić information content (AvgIpc) is 3.27. The van der Waals surface area contributed by atoms with Gasteiger partial charge >= 0.3 is 0 Å². The van der Waals surface area contributed by atoms with Crippen molar-refractivity contribution in [3.63, 3.8) is 0 Å². The van der Waals surface area contributed by atoms with Crippen molar-refractivity contribution >= 4 is 5.96 Å². The molecule has 1 fully saturated rings. The Hall–Kier alpha value is -2.34. The molecule has 27 heavy (non-hydrogen) atoms. The maximum atomic E-state index is 5.97. The van der Waals surface area contributed by atoms with Crippen LogP contribution in [0.2, 0.25) is 0 Å². The lowest BCUT2D eigenvalue weighted by atomic mass is 9.95. The summed E-state index contributed by atoms with van der Waals surface area (Å²) in [6.07, 6.45) is 2.24. The number of nitrogens with zero attached hydrogens (tertiary/aromatic N) is 3. The summed E-state index contributed by atoms with van der Waals surface area (Å²) in [4.78, 5) is 4.34. The molecule has 2 atom stereocenters. The molecule has 146 valence electrons. The zero-order chi connectivity index (χ0) is 19.1. The van der Waals surface area contributed by atoms with Crippen molar-refractivity contribution in [3.05, 3.63) is 53.3 Å². The lowest BCUT2D eigenvalue weighted by molar-refractivity contribution is 0.0915. The van der Waals surface area contributed by atoms with E-state index < -0.39 is 0 Å². The second kappa shape index (κ2) is 9.55. The summed E-state index contributed by atoms with van der Waals surface area (Å²) < 4.78 is 8.03. The predicted octanol–water partition coefficient (Wildman–Crippen LogP) is 2.83. The Morgan fingerprint density at radius 2 is 2.07 bits per heavy atom. The summed E-state index contributed by atoms with van der Waals surface area (Å²) in [6.45, 7) is 7.58. The van der Waals surface area contributed by atoms with Gasteiger partial charge < -0.3 is 15.4 Å². The first-order chi connectivity index (χ1) is 13.2. The number of aryl methyl sites for hydroxylation is 3. The van der Waals surface area contributed by atoms with E-state index in [9.17, 15) is 0 Å². The van der Waals surface area contributed by atoms with Crippen LogP contribution in [-0.2, 0) is 11.3 Å². The van der Waals surface area contributed by atoms with Crippen LogP contribution in [0.4, 0.5) is 0 Å². The van der Waals surface area contributed by atoms with Gasteiger partial charge in [0.05, 0.1) is 11.8 Å². The molecule has 0 spiro atoms. The number of nitrogens with one attached hydrogen (secondary N) is 2. The van der Waals surface area contributed by atoms with Gasteiger partial charge in [0.15, 0.2) is 5.96 Å². The average molecular weight is 370 g/mol. The Balaban J connectivity index is 1.42. The first-order valence-electron chi connectivity index (χ1n) is 9.79. The van der Waals surface area contributed by atoms with E-state index in [1.807, 2.05) is 20.0 Å². The molecule has 1 aromatic heterocycles. The van der Waals surface area contributed by atoms with Crippen molar-refractivity contribution in [2.24, 2.45) is 10.9 Å². The summed E-state index contributed by atoms with van der Waals surface area (Å²) in [5, 5.41) is 11.4. The van der Waals surface area contributed by atoms with Gasteiger partial charge in [-0.2, -0.15) is 5.10 Å². The van der Waals surface area contributed by atoms with E-state index in [0.29, 0.717) is 5.92 Å². The van der Waals surface area contributed by atoms with E-state index in [1.165, 1.54) is 11.3 Å². The Morgan fingerprint density at radius 3 is 2.78 bits per heavy atom. The lowest BCUT2D eigenvalue weighted by Crippen LogP contribution is -2.40. The summed E-state index contributed by atoms with van der Waals surface area (Å²) in [5.41, 5.74) is 3.54. The number of rotatable bonds is 7. The van der Waals surface area contributed by atoms with Crippen LogP contribution in [0.5, 0.6) is 0 Å². The van der Waals surface area contributed by atoms with Crippen LogP contribution in [0.25, 0.3) is 0 Å². The molecule has 0 amide bonds. The van der Waals surface area contributed by atoms with Crippen LogP contribution in [0, 0.1) is 19.8 Å². The zero-order valence-electron chi connectivity index (χ0n) is 16.6. The third-order valence-electron chi connectivity index (χ3n) is 5.04. The number of aliphatic imine (C=N–C) groups is 1. The van der Waals surface area contributed by atoms with Crippen LogP contribution in [0.15, 0.2) is 41.4 Å². The van der Waals surface area contributed by atoms with Crippen molar-refractivity contribution in [3.8, 4) is 0 Å². The van der Waals surface area contributed by atoms with E-state index in [0.717, 1.165) is 50.7 Å². The molecule has 3 rings (SSSR count). The number of ether oxygens (including phenoxy) is 1. The Kier molecular flexibility index (Phi) is 6.87. The van der Waals surface area contributed by atoms with Crippen LogP contribution >= 0.6 is 0 Å². The fraction of sp³-hybridized carbons (Fsp3) is 0.524. The molecule has 1 aliphatic rings. The molecule has 2 aromatic rings. The lowest BCUT2D eigenvalue weighted by Gasteiger charge is -2.21. The number of guanidine groups is 1. The maximum absolute atomic E-state index is 5.97. The van der Waals surface area contributed by atoms with E-state index >= 15 is 0 Å². The SMILES string of the molecule is CN=C(NCCCn1nc(C)cc1C)NCC1CCOC1c1ccccc1. The van der Waals surface area contributed by atoms with Crippen LogP contribution in [0.3, 0.4) is 0 Å². The topological polar surface area (TPSA) is 63.5 Å². The Morgan fingerprint density at radius 1 is 1.26 bits per heavy atom. The molecule has 6 heteroatoms. The van der Waals surface area contributed by atoms with Gasteiger partial charge in [0.1, 0.15) is 0 Å². The Labute approximate surface area is 162 Å². The van der Waals surface area contributed by atoms with Gasteiger partial charge in [-0.05, 0) is 38.3 Å². The Bertz CT molecular complexity index is 740. The van der Waals surface area contributed by atoms with Gasteiger partial charge in [-0.1, -0.05) is 30.3 Å². The molecule has 2 N–H and O–H groups in total. The highest BCUT2D eigenvalue weighted by atomic mass is 16.5. The van der Waals surface area contributed by atoms with E-state index in [-0.39, 0.29) is 6.10 Å². The van der Waals surface area contributed by atoms with Crippen LogP contribution in [0.1, 0.15) is 35.9 Å². The van der Waals surface area contributed by atoms with Crippen molar-refractivity contribution in [2.75, 3.05) is 26.7 Å². The second-order valence-corrected chi connectivity index (χ2v) is 7.13. The molecule has 2 unspecified atom stereocenters. The third-order valence-corrected chi connectivity index (χ3v) is 5.04. The van der Waals surface area contributed by atoms with Gasteiger partial charge in [-0.15, -0.1) is 0 Å². The molecule has 0 saturated carbocycles. The second-order valence-electron chi connectivity index (χ2n) is 7.13. The predicted molar refractivity (Wildman–Crippen MR) is 109 cm³/mol. The van der Waals surface area contributed by atoms with Gasteiger partial charge in [-0.3, -0.25) is 9.67 Å². The fourth-order valence-electron chi connectivity index (χ4n) is 3.64. The minimum absolute atomic E-state index is 0.169. The van der Waals surface area contributed by atoms with Crippen molar-refractivity contribution in [1.82, 2.24) is 20.4 Å².